The second-order valence-electron chi connectivity index (χ2n) is 5.04. The first-order chi connectivity index (χ1) is 9.31. The van der Waals surface area contributed by atoms with E-state index >= 15 is 0 Å². The van der Waals surface area contributed by atoms with Crippen LogP contribution in [0.15, 0.2) is 12.4 Å². The zero-order valence-corrected chi connectivity index (χ0v) is 11.8. The molecule has 3 heterocycles. The molecule has 5 nitrogen and oxygen atoms in total. The van der Waals surface area contributed by atoms with Crippen LogP contribution in [0.2, 0.25) is 0 Å². The highest BCUT2D eigenvalue weighted by atomic mass is 35.5. The minimum Gasteiger partial charge on any atom is -0.349 e. The molecule has 0 radical (unpaired) electrons. The van der Waals surface area contributed by atoms with E-state index in [9.17, 15) is 0 Å². The Morgan fingerprint density at radius 3 is 3.05 bits per heavy atom. The molecule has 1 aliphatic rings. The summed E-state index contributed by atoms with van der Waals surface area (Å²) in [6.07, 6.45) is 8.53. The van der Waals surface area contributed by atoms with E-state index < -0.39 is 0 Å². The van der Waals surface area contributed by atoms with E-state index in [1.165, 1.54) is 19.3 Å². The summed E-state index contributed by atoms with van der Waals surface area (Å²) in [5, 5.41) is 8.40. The molecule has 0 aliphatic carbocycles. The molecule has 1 saturated heterocycles. The Kier molecular flexibility index (Phi) is 3.55. The largest absolute Gasteiger partial charge is 0.349 e. The minimum absolute atomic E-state index is 0.347. The Balaban J connectivity index is 2.06. The van der Waals surface area contributed by atoms with Crippen LogP contribution in [0.5, 0.6) is 0 Å². The average molecular weight is 280 g/mol. The molecule has 1 unspecified atom stereocenters. The lowest BCUT2D eigenvalue weighted by Crippen LogP contribution is -2.37. The number of anilines is 1. The summed E-state index contributed by atoms with van der Waals surface area (Å²) in [4.78, 5) is 6.84. The van der Waals surface area contributed by atoms with Gasteiger partial charge in [-0.25, -0.2) is 4.98 Å². The van der Waals surface area contributed by atoms with Crippen LogP contribution in [0.4, 0.5) is 5.82 Å². The minimum atomic E-state index is 0.347. The molecule has 0 bridgehead atoms. The molecule has 2 aromatic rings. The van der Waals surface area contributed by atoms with Gasteiger partial charge in [0, 0.05) is 30.9 Å². The fourth-order valence-electron chi connectivity index (χ4n) is 2.75. The maximum Gasteiger partial charge on any atom is 0.203 e. The molecule has 3 rings (SSSR count). The van der Waals surface area contributed by atoms with Gasteiger partial charge in [-0.05, 0) is 19.8 Å². The Bertz CT molecular complexity index is 567. The zero-order chi connectivity index (χ0) is 13.2. The molecule has 0 saturated carbocycles. The van der Waals surface area contributed by atoms with E-state index in [2.05, 4.69) is 20.1 Å². The van der Waals surface area contributed by atoms with Gasteiger partial charge in [-0.1, -0.05) is 12.8 Å². The third-order valence-corrected chi connectivity index (χ3v) is 4.16. The quantitative estimate of drug-likeness (QED) is 0.792. The summed E-state index contributed by atoms with van der Waals surface area (Å²) in [6, 6.07) is 0.347. The van der Waals surface area contributed by atoms with Crippen LogP contribution < -0.4 is 4.90 Å². The number of halogens is 1. The van der Waals surface area contributed by atoms with E-state index in [1.54, 1.807) is 0 Å². The van der Waals surface area contributed by atoms with Crippen LogP contribution in [-0.4, -0.2) is 38.0 Å². The van der Waals surface area contributed by atoms with Gasteiger partial charge < -0.3 is 4.90 Å². The number of fused-ring (bicyclic) bond motifs is 1. The summed E-state index contributed by atoms with van der Waals surface area (Å²) in [7, 11) is 0. The van der Waals surface area contributed by atoms with Crippen molar-refractivity contribution in [1.82, 2.24) is 19.6 Å². The van der Waals surface area contributed by atoms with Crippen molar-refractivity contribution in [3.63, 3.8) is 0 Å². The molecule has 6 heteroatoms. The van der Waals surface area contributed by atoms with Gasteiger partial charge in [0.05, 0.1) is 0 Å². The second kappa shape index (κ2) is 5.33. The van der Waals surface area contributed by atoms with Gasteiger partial charge in [0.15, 0.2) is 5.82 Å². The summed E-state index contributed by atoms with van der Waals surface area (Å²) < 4.78 is 1.98. The Hall–Kier alpha value is -1.36. The van der Waals surface area contributed by atoms with Gasteiger partial charge in [0.25, 0.3) is 0 Å². The fourth-order valence-corrected chi connectivity index (χ4v) is 3.07. The predicted octanol–water partition coefficient (Wildman–Crippen LogP) is 2.42. The van der Waals surface area contributed by atoms with Crippen molar-refractivity contribution in [2.24, 2.45) is 0 Å². The lowest BCUT2D eigenvalue weighted by molar-refractivity contribution is 0.616. The Morgan fingerprint density at radius 2 is 2.21 bits per heavy atom. The standard InChI is InChI=1S/C13H18ClN5/c1-10-16-17-13-12(15-6-8-18(10)13)19-7-4-2-3-5-11(19)9-14/h6,8,11H,2-5,7,9H2,1H3. The first kappa shape index (κ1) is 12.7. The summed E-state index contributed by atoms with van der Waals surface area (Å²) >= 11 is 6.14. The van der Waals surface area contributed by atoms with Crippen molar-refractivity contribution in [3.8, 4) is 0 Å². The monoisotopic (exact) mass is 279 g/mol. The van der Waals surface area contributed by atoms with Crippen molar-refractivity contribution in [1.29, 1.82) is 0 Å². The SMILES string of the molecule is Cc1nnc2c(N3CCCCCC3CCl)nccn12. The summed E-state index contributed by atoms with van der Waals surface area (Å²) in [5.41, 5.74) is 0.831. The maximum absolute atomic E-state index is 6.14. The van der Waals surface area contributed by atoms with E-state index in [0.717, 1.165) is 30.3 Å². The molecular formula is C13H18ClN5. The van der Waals surface area contributed by atoms with Gasteiger partial charge in [0.1, 0.15) is 5.82 Å². The molecule has 0 N–H and O–H groups in total. The molecule has 1 fully saturated rings. The van der Waals surface area contributed by atoms with Gasteiger partial charge >= 0.3 is 0 Å². The highest BCUT2D eigenvalue weighted by Crippen LogP contribution is 2.26. The van der Waals surface area contributed by atoms with Crippen molar-refractivity contribution < 1.29 is 0 Å². The molecule has 19 heavy (non-hydrogen) atoms. The van der Waals surface area contributed by atoms with Gasteiger partial charge in [-0.2, -0.15) is 0 Å². The number of hydrogen-bond acceptors (Lipinski definition) is 4. The van der Waals surface area contributed by atoms with Crippen LogP contribution >= 0.6 is 11.6 Å². The van der Waals surface area contributed by atoms with Gasteiger partial charge in [0.2, 0.25) is 5.65 Å². The Labute approximate surface area is 117 Å². The lowest BCUT2D eigenvalue weighted by Gasteiger charge is -2.29. The topological polar surface area (TPSA) is 46.3 Å². The number of aryl methyl sites for hydroxylation is 1. The first-order valence-electron chi connectivity index (χ1n) is 6.80. The Morgan fingerprint density at radius 1 is 1.32 bits per heavy atom. The van der Waals surface area contributed by atoms with Crippen molar-refractivity contribution >= 4 is 23.1 Å². The normalized spacial score (nSPS) is 20.7. The van der Waals surface area contributed by atoms with Crippen molar-refractivity contribution in [2.45, 2.75) is 38.6 Å². The first-order valence-corrected chi connectivity index (χ1v) is 7.33. The number of hydrogen-bond donors (Lipinski definition) is 0. The average Bonchev–Trinajstić information content (AvgIpc) is 2.68. The van der Waals surface area contributed by atoms with Crippen LogP contribution in [0.1, 0.15) is 31.5 Å². The second-order valence-corrected chi connectivity index (χ2v) is 5.35. The fraction of sp³-hybridized carbons (Fsp3) is 0.615. The summed E-state index contributed by atoms with van der Waals surface area (Å²) in [6.45, 7) is 2.95. The molecule has 0 amide bonds. The molecule has 1 aliphatic heterocycles. The summed E-state index contributed by atoms with van der Waals surface area (Å²) in [5.74, 6) is 2.43. The molecule has 102 valence electrons. The lowest BCUT2D eigenvalue weighted by atomic mass is 10.1. The van der Waals surface area contributed by atoms with Crippen molar-refractivity contribution in [3.05, 3.63) is 18.2 Å². The van der Waals surface area contributed by atoms with Gasteiger partial charge in [-0.3, -0.25) is 4.40 Å². The van der Waals surface area contributed by atoms with E-state index in [0.29, 0.717) is 11.9 Å². The number of alkyl halides is 1. The van der Waals surface area contributed by atoms with Gasteiger partial charge in [-0.15, -0.1) is 21.8 Å². The van der Waals surface area contributed by atoms with E-state index in [4.69, 9.17) is 11.6 Å². The van der Waals surface area contributed by atoms with Crippen LogP contribution in [0.25, 0.3) is 5.65 Å². The number of rotatable bonds is 2. The predicted molar refractivity (Wildman–Crippen MR) is 75.8 cm³/mol. The highest BCUT2D eigenvalue weighted by molar-refractivity contribution is 6.18. The van der Waals surface area contributed by atoms with E-state index in [1.807, 2.05) is 23.7 Å². The molecule has 0 spiro atoms. The van der Waals surface area contributed by atoms with Crippen LogP contribution in [0.3, 0.4) is 0 Å². The zero-order valence-electron chi connectivity index (χ0n) is 11.1. The van der Waals surface area contributed by atoms with Crippen molar-refractivity contribution in [2.75, 3.05) is 17.3 Å². The third kappa shape index (κ3) is 2.27. The van der Waals surface area contributed by atoms with Crippen LogP contribution in [-0.2, 0) is 0 Å². The van der Waals surface area contributed by atoms with E-state index in [-0.39, 0.29) is 0 Å². The molecule has 1 atom stereocenters. The maximum atomic E-state index is 6.14. The number of nitrogens with zero attached hydrogens (tertiary/aromatic N) is 5. The molecule has 0 aromatic carbocycles. The molecule has 2 aromatic heterocycles. The third-order valence-electron chi connectivity index (χ3n) is 3.81. The van der Waals surface area contributed by atoms with Crippen LogP contribution in [0, 0.1) is 6.92 Å². The smallest absolute Gasteiger partial charge is 0.203 e. The molecular weight excluding hydrogens is 262 g/mol. The highest BCUT2D eigenvalue weighted by Gasteiger charge is 2.24. The number of aromatic nitrogens is 4.